The topological polar surface area (TPSA) is 69.6 Å². The molecule has 0 aromatic carbocycles. The third kappa shape index (κ3) is 6.26. The lowest BCUT2D eigenvalue weighted by molar-refractivity contribution is -0.137. The van der Waals surface area contributed by atoms with Crippen LogP contribution in [-0.2, 0) is 4.79 Å². The van der Waals surface area contributed by atoms with Gasteiger partial charge in [-0.2, -0.15) is 0 Å². The summed E-state index contributed by atoms with van der Waals surface area (Å²) in [5, 5.41) is 11.7. The maximum atomic E-state index is 11.9. The molecule has 0 aliphatic heterocycles. The minimum Gasteiger partial charge on any atom is -0.480 e. The maximum Gasteiger partial charge on any atom is 0.323 e. The lowest BCUT2D eigenvalue weighted by Crippen LogP contribution is -2.43. The molecule has 0 radical (unpaired) electrons. The summed E-state index contributed by atoms with van der Waals surface area (Å²) < 4.78 is 0. The van der Waals surface area contributed by atoms with Crippen molar-refractivity contribution in [2.24, 2.45) is 11.8 Å². The van der Waals surface area contributed by atoms with Gasteiger partial charge in [0, 0.05) is 13.1 Å². The zero-order valence-corrected chi connectivity index (χ0v) is 12.7. The van der Waals surface area contributed by atoms with Gasteiger partial charge in [-0.25, -0.2) is 4.79 Å². The van der Waals surface area contributed by atoms with Gasteiger partial charge in [-0.3, -0.25) is 4.79 Å². The molecule has 0 spiro atoms. The van der Waals surface area contributed by atoms with Gasteiger partial charge in [-0.1, -0.05) is 33.1 Å². The molecule has 2 atom stereocenters. The third-order valence-electron chi connectivity index (χ3n) is 3.98. The number of aliphatic carboxylic acids is 1. The highest BCUT2D eigenvalue weighted by Crippen LogP contribution is 2.30. The van der Waals surface area contributed by atoms with E-state index in [0.717, 1.165) is 18.8 Å². The van der Waals surface area contributed by atoms with Crippen molar-refractivity contribution in [3.63, 3.8) is 0 Å². The van der Waals surface area contributed by atoms with E-state index in [-0.39, 0.29) is 12.6 Å². The van der Waals surface area contributed by atoms with E-state index in [1.807, 2.05) is 6.92 Å². The molecule has 0 aromatic rings. The smallest absolute Gasteiger partial charge is 0.323 e. The number of carboxylic acid groups (broad SMARTS) is 1. The molecular formula is C15H28N2O3. The van der Waals surface area contributed by atoms with Gasteiger partial charge in [-0.15, -0.1) is 0 Å². The molecule has 1 saturated carbocycles. The van der Waals surface area contributed by atoms with Crippen LogP contribution in [0, 0.1) is 11.8 Å². The van der Waals surface area contributed by atoms with Gasteiger partial charge in [0.15, 0.2) is 0 Å². The summed E-state index contributed by atoms with van der Waals surface area (Å²) >= 11 is 0. The van der Waals surface area contributed by atoms with Gasteiger partial charge in [0.2, 0.25) is 0 Å². The van der Waals surface area contributed by atoms with Gasteiger partial charge in [0.05, 0.1) is 0 Å². The third-order valence-corrected chi connectivity index (χ3v) is 3.98. The number of carbonyl (C=O) groups is 2. The SMILES string of the molecule is CCCN(CC(=O)O)C(=O)NCCC1CCCC(C)C1. The minimum atomic E-state index is -0.963. The van der Waals surface area contributed by atoms with Gasteiger partial charge in [-0.05, 0) is 31.1 Å². The van der Waals surface area contributed by atoms with Gasteiger partial charge >= 0.3 is 12.0 Å². The Morgan fingerprint density at radius 3 is 2.70 bits per heavy atom. The fourth-order valence-corrected chi connectivity index (χ4v) is 3.00. The molecule has 1 fully saturated rings. The Kier molecular flexibility index (Phi) is 7.41. The molecule has 0 saturated heterocycles. The predicted octanol–water partition coefficient (Wildman–Crippen LogP) is 2.71. The predicted molar refractivity (Wildman–Crippen MR) is 78.6 cm³/mol. The van der Waals surface area contributed by atoms with E-state index in [1.165, 1.54) is 30.6 Å². The fourth-order valence-electron chi connectivity index (χ4n) is 3.00. The zero-order valence-electron chi connectivity index (χ0n) is 12.7. The molecule has 0 heterocycles. The Labute approximate surface area is 121 Å². The molecule has 1 aliphatic carbocycles. The molecule has 5 nitrogen and oxygen atoms in total. The van der Waals surface area contributed by atoms with E-state index < -0.39 is 5.97 Å². The second-order valence-electron chi connectivity index (χ2n) is 5.97. The molecule has 2 unspecified atom stereocenters. The lowest BCUT2D eigenvalue weighted by atomic mass is 9.81. The molecule has 20 heavy (non-hydrogen) atoms. The molecular weight excluding hydrogens is 256 g/mol. The van der Waals surface area contributed by atoms with Crippen molar-refractivity contribution in [1.82, 2.24) is 10.2 Å². The van der Waals surface area contributed by atoms with Gasteiger partial charge in [0.25, 0.3) is 0 Å². The van der Waals surface area contributed by atoms with E-state index >= 15 is 0 Å². The van der Waals surface area contributed by atoms with E-state index in [9.17, 15) is 9.59 Å². The summed E-state index contributed by atoms with van der Waals surface area (Å²) in [6.07, 6.45) is 6.90. The second-order valence-corrected chi connectivity index (χ2v) is 5.97. The average Bonchev–Trinajstić information content (AvgIpc) is 2.37. The number of hydrogen-bond acceptors (Lipinski definition) is 2. The summed E-state index contributed by atoms with van der Waals surface area (Å²) in [4.78, 5) is 24.0. The minimum absolute atomic E-state index is 0.222. The summed E-state index contributed by atoms with van der Waals surface area (Å²) in [6, 6.07) is -0.252. The van der Waals surface area contributed by atoms with Crippen LogP contribution in [0.2, 0.25) is 0 Å². The molecule has 0 bridgehead atoms. The summed E-state index contributed by atoms with van der Waals surface area (Å²) in [7, 11) is 0. The van der Waals surface area contributed by atoms with Crippen LogP contribution in [0.3, 0.4) is 0 Å². The lowest BCUT2D eigenvalue weighted by Gasteiger charge is -2.27. The highest BCUT2D eigenvalue weighted by atomic mass is 16.4. The molecule has 1 aliphatic rings. The Morgan fingerprint density at radius 1 is 1.35 bits per heavy atom. The fraction of sp³-hybridized carbons (Fsp3) is 0.867. The average molecular weight is 284 g/mol. The number of amides is 2. The first-order chi connectivity index (χ1) is 9.52. The number of urea groups is 1. The summed E-state index contributed by atoms with van der Waals surface area (Å²) in [5.74, 6) is 0.543. The molecule has 0 aromatic heterocycles. The number of nitrogens with zero attached hydrogens (tertiary/aromatic N) is 1. The van der Waals surface area contributed by atoms with E-state index in [1.54, 1.807) is 0 Å². The Morgan fingerprint density at radius 2 is 2.10 bits per heavy atom. The van der Waals surface area contributed by atoms with Crippen molar-refractivity contribution in [2.45, 2.75) is 52.4 Å². The first kappa shape index (κ1) is 16.8. The Hall–Kier alpha value is -1.26. The number of nitrogens with one attached hydrogen (secondary N) is 1. The van der Waals surface area contributed by atoms with Crippen LogP contribution in [0.1, 0.15) is 52.4 Å². The van der Waals surface area contributed by atoms with E-state index in [0.29, 0.717) is 19.0 Å². The highest BCUT2D eigenvalue weighted by molar-refractivity contribution is 5.80. The van der Waals surface area contributed by atoms with Crippen molar-refractivity contribution < 1.29 is 14.7 Å². The molecule has 5 heteroatoms. The number of hydrogen-bond donors (Lipinski definition) is 2. The second kappa shape index (κ2) is 8.82. The summed E-state index contributed by atoms with van der Waals surface area (Å²) in [6.45, 7) is 5.14. The van der Waals surface area contributed by atoms with Crippen molar-refractivity contribution >= 4 is 12.0 Å². The van der Waals surface area contributed by atoms with Crippen LogP contribution in [0.5, 0.6) is 0 Å². The van der Waals surface area contributed by atoms with Crippen LogP contribution in [0.25, 0.3) is 0 Å². The van der Waals surface area contributed by atoms with E-state index in [4.69, 9.17) is 5.11 Å². The molecule has 2 amide bonds. The van der Waals surface area contributed by atoms with Crippen LogP contribution < -0.4 is 5.32 Å². The van der Waals surface area contributed by atoms with Gasteiger partial charge < -0.3 is 15.3 Å². The standard InChI is InChI=1S/C15H28N2O3/c1-3-9-17(11-14(18)19)15(20)16-8-7-13-6-4-5-12(2)10-13/h12-13H,3-11H2,1-2H3,(H,16,20)(H,18,19). The summed E-state index contributed by atoms with van der Waals surface area (Å²) in [5.41, 5.74) is 0. The van der Waals surface area contributed by atoms with E-state index in [2.05, 4.69) is 12.2 Å². The van der Waals surface area contributed by atoms with Crippen LogP contribution in [-0.4, -0.2) is 41.6 Å². The van der Waals surface area contributed by atoms with Crippen molar-refractivity contribution in [2.75, 3.05) is 19.6 Å². The number of rotatable bonds is 7. The van der Waals surface area contributed by atoms with Crippen molar-refractivity contribution in [3.05, 3.63) is 0 Å². The zero-order chi connectivity index (χ0) is 15.0. The van der Waals surface area contributed by atoms with Crippen molar-refractivity contribution in [3.8, 4) is 0 Å². The Balaban J connectivity index is 2.27. The number of carboxylic acids is 1. The quantitative estimate of drug-likeness (QED) is 0.755. The first-order valence-corrected chi connectivity index (χ1v) is 7.77. The Bertz CT molecular complexity index is 320. The first-order valence-electron chi connectivity index (χ1n) is 7.77. The highest BCUT2D eigenvalue weighted by Gasteiger charge is 2.20. The maximum absolute atomic E-state index is 11.9. The van der Waals surface area contributed by atoms with Crippen LogP contribution in [0.4, 0.5) is 4.79 Å². The monoisotopic (exact) mass is 284 g/mol. The normalized spacial score (nSPS) is 22.3. The van der Waals surface area contributed by atoms with Crippen molar-refractivity contribution in [1.29, 1.82) is 0 Å². The van der Waals surface area contributed by atoms with Crippen LogP contribution >= 0.6 is 0 Å². The molecule has 1 rings (SSSR count). The van der Waals surface area contributed by atoms with Crippen LogP contribution in [0.15, 0.2) is 0 Å². The van der Waals surface area contributed by atoms with Gasteiger partial charge in [0.1, 0.15) is 6.54 Å². The molecule has 2 N–H and O–H groups in total. The largest absolute Gasteiger partial charge is 0.480 e. The molecule has 116 valence electrons. The number of carbonyl (C=O) groups excluding carboxylic acids is 1.